The van der Waals surface area contributed by atoms with E-state index in [9.17, 15) is 18.0 Å². The van der Waals surface area contributed by atoms with E-state index in [1.165, 1.54) is 24.1 Å². The maximum Gasteiger partial charge on any atom is 0.264 e. The summed E-state index contributed by atoms with van der Waals surface area (Å²) in [5.41, 5.74) is 3.96. The molecule has 4 rings (SSSR count). The van der Waals surface area contributed by atoms with E-state index >= 15 is 0 Å². The van der Waals surface area contributed by atoms with Crippen molar-refractivity contribution in [2.24, 2.45) is 0 Å². The van der Waals surface area contributed by atoms with Gasteiger partial charge in [0.1, 0.15) is 18.3 Å². The fraction of sp³-hybridized carbons (Fsp3) is 0.257. The van der Waals surface area contributed by atoms with Gasteiger partial charge in [0.2, 0.25) is 11.8 Å². The highest BCUT2D eigenvalue weighted by Crippen LogP contribution is 2.31. The number of nitrogens with one attached hydrogen (secondary N) is 1. The molecule has 10 heteroatoms. The molecular formula is C35H38BrN3O5S. The number of methoxy groups -OCH3 is 1. The lowest BCUT2D eigenvalue weighted by molar-refractivity contribution is -0.140. The van der Waals surface area contributed by atoms with Gasteiger partial charge in [-0.3, -0.25) is 13.9 Å². The zero-order valence-corrected chi connectivity index (χ0v) is 28.3. The average Bonchev–Trinajstić information content (AvgIpc) is 3.03. The lowest BCUT2D eigenvalue weighted by Gasteiger charge is -2.34. The molecule has 0 fully saturated rings. The molecule has 0 unspecified atom stereocenters. The molecule has 236 valence electrons. The highest BCUT2D eigenvalue weighted by molar-refractivity contribution is 9.10. The zero-order chi connectivity index (χ0) is 32.6. The predicted octanol–water partition coefficient (Wildman–Crippen LogP) is 6.05. The molecule has 0 bridgehead atoms. The number of hydrogen-bond acceptors (Lipinski definition) is 5. The third-order valence-corrected chi connectivity index (χ3v) is 9.93. The molecule has 0 aliphatic heterocycles. The Morgan fingerprint density at radius 1 is 0.911 bits per heavy atom. The lowest BCUT2D eigenvalue weighted by atomic mass is 10.0. The number of anilines is 1. The molecule has 1 N–H and O–H groups in total. The molecule has 0 aliphatic rings. The zero-order valence-electron chi connectivity index (χ0n) is 25.9. The summed E-state index contributed by atoms with van der Waals surface area (Å²) >= 11 is 3.39. The Morgan fingerprint density at radius 3 is 2.20 bits per heavy atom. The topological polar surface area (TPSA) is 96.0 Å². The van der Waals surface area contributed by atoms with Gasteiger partial charge in [-0.25, -0.2) is 8.42 Å². The van der Waals surface area contributed by atoms with Crippen molar-refractivity contribution < 1.29 is 22.7 Å². The second-order valence-electron chi connectivity index (χ2n) is 10.7. The SMILES string of the molecule is CCNC(=O)[C@@H](Cc1ccccc1)N(Cc1ccccc1C)C(=O)CN(c1ccc(C)cc1)S(=O)(=O)c1ccc(OC)c(Br)c1. The number of carbonyl (C=O) groups is 2. The molecule has 0 aliphatic carbocycles. The van der Waals surface area contributed by atoms with Crippen LogP contribution < -0.4 is 14.4 Å². The third kappa shape index (κ3) is 8.32. The summed E-state index contributed by atoms with van der Waals surface area (Å²) in [6, 6.07) is 27.6. The summed E-state index contributed by atoms with van der Waals surface area (Å²) in [4.78, 5) is 29.6. The first-order valence-electron chi connectivity index (χ1n) is 14.6. The summed E-state index contributed by atoms with van der Waals surface area (Å²) < 4.78 is 35.4. The molecule has 0 spiro atoms. The van der Waals surface area contributed by atoms with Crippen LogP contribution >= 0.6 is 15.9 Å². The van der Waals surface area contributed by atoms with Gasteiger partial charge in [-0.2, -0.15) is 0 Å². The number of rotatable bonds is 13. The standard InChI is InChI=1S/C35H38BrN3O5S/c1-5-37-35(41)32(21-27-12-7-6-8-13-27)38(23-28-14-10-9-11-26(28)3)34(40)24-39(29-17-15-25(2)16-18-29)45(42,43)30-19-20-33(44-4)31(36)22-30/h6-20,22,32H,5,21,23-24H2,1-4H3,(H,37,41)/t32-/m1/s1. The summed E-state index contributed by atoms with van der Waals surface area (Å²) in [5, 5.41) is 2.88. The first kappa shape index (κ1) is 33.7. The van der Waals surface area contributed by atoms with Crippen LogP contribution in [0.3, 0.4) is 0 Å². The van der Waals surface area contributed by atoms with E-state index in [-0.39, 0.29) is 23.8 Å². The number of nitrogens with zero attached hydrogens (tertiary/aromatic N) is 2. The van der Waals surface area contributed by atoms with E-state index in [1.54, 1.807) is 30.3 Å². The minimum Gasteiger partial charge on any atom is -0.496 e. The van der Waals surface area contributed by atoms with E-state index in [0.29, 0.717) is 22.5 Å². The Morgan fingerprint density at radius 2 is 1.58 bits per heavy atom. The Labute approximate surface area is 274 Å². The van der Waals surface area contributed by atoms with Crippen molar-refractivity contribution >= 4 is 43.5 Å². The van der Waals surface area contributed by atoms with Crippen LogP contribution in [0.4, 0.5) is 5.69 Å². The number of amides is 2. The Balaban J connectivity index is 1.81. The second-order valence-corrected chi connectivity index (χ2v) is 13.4. The minimum atomic E-state index is -4.24. The van der Waals surface area contributed by atoms with Crippen molar-refractivity contribution in [3.05, 3.63) is 124 Å². The summed E-state index contributed by atoms with van der Waals surface area (Å²) in [6.07, 6.45) is 0.257. The van der Waals surface area contributed by atoms with Crippen LogP contribution in [0.1, 0.15) is 29.2 Å². The monoisotopic (exact) mass is 691 g/mol. The molecule has 45 heavy (non-hydrogen) atoms. The number of ether oxygens (including phenoxy) is 1. The third-order valence-electron chi connectivity index (χ3n) is 7.54. The van der Waals surface area contributed by atoms with Gasteiger partial charge >= 0.3 is 0 Å². The van der Waals surface area contributed by atoms with Crippen LogP contribution in [-0.4, -0.2) is 51.4 Å². The van der Waals surface area contributed by atoms with Gasteiger partial charge in [0, 0.05) is 19.5 Å². The van der Waals surface area contributed by atoms with Gasteiger partial charge in [-0.1, -0.05) is 72.3 Å². The van der Waals surface area contributed by atoms with E-state index in [0.717, 1.165) is 26.6 Å². The van der Waals surface area contributed by atoms with Crippen LogP contribution in [0.25, 0.3) is 0 Å². The summed E-state index contributed by atoms with van der Waals surface area (Å²) in [5.74, 6) is -0.351. The number of likely N-dealkylation sites (N-methyl/N-ethyl adjacent to an activating group) is 1. The summed E-state index contributed by atoms with van der Waals surface area (Å²) in [7, 11) is -2.74. The van der Waals surface area contributed by atoms with E-state index < -0.39 is 28.5 Å². The van der Waals surface area contributed by atoms with Crippen molar-refractivity contribution in [3.8, 4) is 5.75 Å². The molecule has 4 aromatic carbocycles. The maximum atomic E-state index is 14.5. The molecule has 2 amide bonds. The number of carbonyl (C=O) groups excluding carboxylic acids is 2. The first-order chi connectivity index (χ1) is 21.5. The fourth-order valence-corrected chi connectivity index (χ4v) is 7.12. The smallest absolute Gasteiger partial charge is 0.264 e. The number of benzene rings is 4. The van der Waals surface area contributed by atoms with Gasteiger partial charge in [0.25, 0.3) is 10.0 Å². The number of aryl methyl sites for hydroxylation is 2. The predicted molar refractivity (Wildman–Crippen MR) is 181 cm³/mol. The fourth-order valence-electron chi connectivity index (χ4n) is 4.99. The van der Waals surface area contributed by atoms with Gasteiger partial charge in [0.05, 0.1) is 22.2 Å². The first-order valence-corrected chi connectivity index (χ1v) is 16.9. The van der Waals surface area contributed by atoms with E-state index in [2.05, 4.69) is 21.2 Å². The van der Waals surface area contributed by atoms with Crippen molar-refractivity contribution in [1.29, 1.82) is 0 Å². The Hall–Kier alpha value is -4.15. The molecule has 8 nitrogen and oxygen atoms in total. The Bertz CT molecular complexity index is 1730. The second kappa shape index (κ2) is 15.2. The Kier molecular flexibility index (Phi) is 11.4. The lowest BCUT2D eigenvalue weighted by Crippen LogP contribution is -2.53. The highest BCUT2D eigenvalue weighted by Gasteiger charge is 2.35. The number of halogens is 1. The van der Waals surface area contributed by atoms with Crippen molar-refractivity contribution in [2.75, 3.05) is 24.5 Å². The maximum absolute atomic E-state index is 14.5. The van der Waals surface area contributed by atoms with Crippen LogP contribution in [0.15, 0.2) is 106 Å². The van der Waals surface area contributed by atoms with Crippen LogP contribution in [0, 0.1) is 13.8 Å². The highest BCUT2D eigenvalue weighted by atomic mass is 79.9. The molecule has 0 saturated heterocycles. The molecular weight excluding hydrogens is 654 g/mol. The van der Waals surface area contributed by atoms with Crippen molar-refractivity contribution in [1.82, 2.24) is 10.2 Å². The van der Waals surface area contributed by atoms with E-state index in [1.807, 2.05) is 75.4 Å². The molecule has 4 aromatic rings. The van der Waals surface area contributed by atoms with E-state index in [4.69, 9.17) is 4.74 Å². The largest absolute Gasteiger partial charge is 0.496 e. The van der Waals surface area contributed by atoms with Crippen molar-refractivity contribution in [2.45, 2.75) is 44.7 Å². The molecule has 0 radical (unpaired) electrons. The normalized spacial score (nSPS) is 11.8. The molecule has 0 heterocycles. The molecule has 0 aromatic heterocycles. The van der Waals surface area contributed by atoms with Crippen LogP contribution in [0.2, 0.25) is 0 Å². The summed E-state index contributed by atoms with van der Waals surface area (Å²) in [6.45, 7) is 5.65. The molecule has 0 saturated carbocycles. The minimum absolute atomic E-state index is 0.0152. The number of hydrogen-bond donors (Lipinski definition) is 1. The van der Waals surface area contributed by atoms with Gasteiger partial charge in [0.15, 0.2) is 0 Å². The van der Waals surface area contributed by atoms with Gasteiger partial charge in [-0.15, -0.1) is 0 Å². The van der Waals surface area contributed by atoms with Gasteiger partial charge in [-0.05, 0) is 83.7 Å². The average molecular weight is 693 g/mol. The van der Waals surface area contributed by atoms with Crippen molar-refractivity contribution in [3.63, 3.8) is 0 Å². The molecule has 1 atom stereocenters. The van der Waals surface area contributed by atoms with Crippen LogP contribution in [0.5, 0.6) is 5.75 Å². The van der Waals surface area contributed by atoms with Crippen LogP contribution in [-0.2, 0) is 32.6 Å². The quantitative estimate of drug-likeness (QED) is 0.184. The number of sulfonamides is 1. The van der Waals surface area contributed by atoms with Gasteiger partial charge < -0.3 is 15.0 Å².